The number of rotatable bonds is 3. The van der Waals surface area contributed by atoms with Crippen LogP contribution in [0.3, 0.4) is 0 Å². The number of hydrogen-bond donors (Lipinski definition) is 2. The van der Waals surface area contributed by atoms with Gasteiger partial charge in [-0.1, -0.05) is 45.0 Å². The van der Waals surface area contributed by atoms with Crippen LogP contribution in [-0.2, 0) is 5.41 Å². The minimum atomic E-state index is -0.373. The maximum atomic E-state index is 5.65. The summed E-state index contributed by atoms with van der Waals surface area (Å²) in [6.45, 7) is 6.65. The van der Waals surface area contributed by atoms with Crippen molar-refractivity contribution >= 4 is 0 Å². The normalized spacial score (nSPS) is 12.1. The molecular weight excluding hydrogens is 172 g/mol. The average molecular weight is 192 g/mol. The molecule has 2 heteroatoms. The molecule has 0 saturated carbocycles. The monoisotopic (exact) mass is 192 g/mol. The van der Waals surface area contributed by atoms with E-state index in [4.69, 9.17) is 11.5 Å². The van der Waals surface area contributed by atoms with Gasteiger partial charge in [0.25, 0.3) is 0 Å². The maximum absolute atomic E-state index is 5.65. The van der Waals surface area contributed by atoms with Gasteiger partial charge in [0.05, 0.1) is 6.17 Å². The van der Waals surface area contributed by atoms with Crippen molar-refractivity contribution in [2.75, 3.05) is 0 Å². The Morgan fingerprint density at radius 1 is 1.29 bits per heavy atom. The Bertz CT molecular complexity index is 303. The second-order valence-corrected chi connectivity index (χ2v) is 4.39. The van der Waals surface area contributed by atoms with Crippen LogP contribution in [0.5, 0.6) is 0 Å². The van der Waals surface area contributed by atoms with Gasteiger partial charge in [0, 0.05) is 0 Å². The van der Waals surface area contributed by atoms with E-state index in [2.05, 4.69) is 32.9 Å². The molecule has 0 bridgehead atoms. The van der Waals surface area contributed by atoms with E-state index in [1.165, 1.54) is 5.56 Å². The van der Waals surface area contributed by atoms with Crippen molar-refractivity contribution in [3.05, 3.63) is 35.4 Å². The van der Waals surface area contributed by atoms with E-state index in [0.717, 1.165) is 12.0 Å². The lowest BCUT2D eigenvalue weighted by Gasteiger charge is -2.24. The van der Waals surface area contributed by atoms with Crippen LogP contribution in [0, 0.1) is 0 Å². The van der Waals surface area contributed by atoms with E-state index < -0.39 is 0 Å². The third-order valence-corrected chi connectivity index (χ3v) is 2.94. The lowest BCUT2D eigenvalue weighted by atomic mass is 9.81. The number of nitrogens with two attached hydrogens (primary N) is 2. The fraction of sp³-hybridized carbons (Fsp3) is 0.500. The summed E-state index contributed by atoms with van der Waals surface area (Å²) in [6, 6.07) is 8.23. The molecule has 0 aliphatic heterocycles. The van der Waals surface area contributed by atoms with Crippen LogP contribution in [0.2, 0.25) is 0 Å². The van der Waals surface area contributed by atoms with Crippen LogP contribution < -0.4 is 11.5 Å². The third kappa shape index (κ3) is 2.34. The molecule has 0 aliphatic carbocycles. The molecule has 1 aromatic carbocycles. The smallest absolute Gasteiger partial charge is 0.0784 e. The minimum Gasteiger partial charge on any atom is -0.312 e. The van der Waals surface area contributed by atoms with Gasteiger partial charge >= 0.3 is 0 Å². The molecule has 0 unspecified atom stereocenters. The van der Waals surface area contributed by atoms with Crippen molar-refractivity contribution in [2.24, 2.45) is 11.5 Å². The van der Waals surface area contributed by atoms with Crippen LogP contribution in [0.1, 0.15) is 44.5 Å². The largest absolute Gasteiger partial charge is 0.312 e. The topological polar surface area (TPSA) is 52.0 Å². The van der Waals surface area contributed by atoms with Gasteiger partial charge < -0.3 is 11.5 Å². The van der Waals surface area contributed by atoms with E-state index >= 15 is 0 Å². The number of hydrogen-bond acceptors (Lipinski definition) is 2. The Balaban J connectivity index is 3.05. The molecular formula is C12H20N2. The van der Waals surface area contributed by atoms with Crippen LogP contribution >= 0.6 is 0 Å². The summed E-state index contributed by atoms with van der Waals surface area (Å²) in [5.74, 6) is 0. The molecule has 4 N–H and O–H groups in total. The molecule has 1 rings (SSSR count). The molecule has 0 radical (unpaired) electrons. The quantitative estimate of drug-likeness (QED) is 0.722. The predicted molar refractivity (Wildman–Crippen MR) is 60.9 cm³/mol. The summed E-state index contributed by atoms with van der Waals surface area (Å²) < 4.78 is 0. The van der Waals surface area contributed by atoms with Gasteiger partial charge in [0.15, 0.2) is 0 Å². The van der Waals surface area contributed by atoms with Gasteiger partial charge in [0.1, 0.15) is 0 Å². The summed E-state index contributed by atoms with van der Waals surface area (Å²) in [4.78, 5) is 0. The Labute approximate surface area is 86.3 Å². The highest BCUT2D eigenvalue weighted by molar-refractivity contribution is 5.30. The van der Waals surface area contributed by atoms with Crippen molar-refractivity contribution in [1.29, 1.82) is 0 Å². The molecule has 0 aromatic heterocycles. The lowest BCUT2D eigenvalue weighted by Crippen LogP contribution is -2.22. The molecule has 0 aliphatic rings. The fourth-order valence-corrected chi connectivity index (χ4v) is 1.37. The zero-order valence-electron chi connectivity index (χ0n) is 9.25. The molecule has 1 aromatic rings. The zero-order chi connectivity index (χ0) is 10.8. The maximum Gasteiger partial charge on any atom is 0.0784 e. The predicted octanol–water partition coefficient (Wildman–Crippen LogP) is 2.29. The molecule has 0 heterocycles. The first-order chi connectivity index (χ1) is 6.47. The van der Waals surface area contributed by atoms with Crippen LogP contribution in [0.4, 0.5) is 0 Å². The summed E-state index contributed by atoms with van der Waals surface area (Å²) in [6.07, 6.45) is 0.735. The van der Waals surface area contributed by atoms with Crippen LogP contribution in [0.15, 0.2) is 24.3 Å². The Hall–Kier alpha value is -0.860. The van der Waals surface area contributed by atoms with Crippen molar-refractivity contribution in [3.63, 3.8) is 0 Å². The SMILES string of the molecule is CCC(C)(C)c1cccc(C(N)N)c1. The van der Waals surface area contributed by atoms with Crippen molar-refractivity contribution < 1.29 is 0 Å². The standard InChI is InChI=1S/C12H20N2/c1-4-12(2,3)10-7-5-6-9(8-10)11(13)14/h5-8,11H,4,13-14H2,1-3H3. The van der Waals surface area contributed by atoms with Crippen molar-refractivity contribution in [1.82, 2.24) is 0 Å². The van der Waals surface area contributed by atoms with E-state index in [0.29, 0.717) is 0 Å². The average Bonchev–Trinajstić information content (AvgIpc) is 2.18. The second-order valence-electron chi connectivity index (χ2n) is 4.39. The van der Waals surface area contributed by atoms with E-state index in [1.54, 1.807) is 0 Å². The van der Waals surface area contributed by atoms with Crippen molar-refractivity contribution in [2.45, 2.75) is 38.8 Å². The molecule has 0 fully saturated rings. The summed E-state index contributed by atoms with van der Waals surface area (Å²) >= 11 is 0. The highest BCUT2D eigenvalue weighted by Crippen LogP contribution is 2.27. The summed E-state index contributed by atoms with van der Waals surface area (Å²) in [5.41, 5.74) is 13.8. The van der Waals surface area contributed by atoms with Gasteiger partial charge in [0.2, 0.25) is 0 Å². The molecule has 0 amide bonds. The van der Waals surface area contributed by atoms with Gasteiger partial charge in [-0.2, -0.15) is 0 Å². The zero-order valence-corrected chi connectivity index (χ0v) is 9.25. The van der Waals surface area contributed by atoms with Crippen LogP contribution in [0.25, 0.3) is 0 Å². The molecule has 2 nitrogen and oxygen atoms in total. The Morgan fingerprint density at radius 3 is 2.43 bits per heavy atom. The van der Waals surface area contributed by atoms with Gasteiger partial charge in [-0.25, -0.2) is 0 Å². The molecule has 0 saturated heterocycles. The lowest BCUT2D eigenvalue weighted by molar-refractivity contribution is 0.505. The summed E-state index contributed by atoms with van der Waals surface area (Å²) in [5, 5.41) is 0. The number of benzene rings is 1. The van der Waals surface area contributed by atoms with Gasteiger partial charge in [-0.3, -0.25) is 0 Å². The molecule has 0 spiro atoms. The third-order valence-electron chi connectivity index (χ3n) is 2.94. The van der Waals surface area contributed by atoms with Gasteiger partial charge in [-0.05, 0) is 23.0 Å². The highest BCUT2D eigenvalue weighted by Gasteiger charge is 2.18. The summed E-state index contributed by atoms with van der Waals surface area (Å²) in [7, 11) is 0. The molecule has 0 atom stereocenters. The Kier molecular flexibility index (Phi) is 3.29. The van der Waals surface area contributed by atoms with E-state index in [-0.39, 0.29) is 11.6 Å². The van der Waals surface area contributed by atoms with Crippen molar-refractivity contribution in [3.8, 4) is 0 Å². The second kappa shape index (κ2) is 4.11. The first-order valence-corrected chi connectivity index (χ1v) is 5.09. The minimum absolute atomic E-state index is 0.199. The highest BCUT2D eigenvalue weighted by atomic mass is 14.8. The van der Waals surface area contributed by atoms with E-state index in [9.17, 15) is 0 Å². The fourth-order valence-electron chi connectivity index (χ4n) is 1.37. The first kappa shape index (κ1) is 11.2. The Morgan fingerprint density at radius 2 is 1.93 bits per heavy atom. The van der Waals surface area contributed by atoms with Gasteiger partial charge in [-0.15, -0.1) is 0 Å². The van der Waals surface area contributed by atoms with Crippen LogP contribution in [-0.4, -0.2) is 0 Å². The first-order valence-electron chi connectivity index (χ1n) is 5.09. The van der Waals surface area contributed by atoms with E-state index in [1.807, 2.05) is 12.1 Å². The molecule has 14 heavy (non-hydrogen) atoms. The molecule has 78 valence electrons.